The highest BCUT2D eigenvalue weighted by atomic mass is 16.5. The molecule has 0 saturated carbocycles. The maximum Gasteiger partial charge on any atom is 0.309 e. The number of carbonyl (C=O) groups is 1. The summed E-state index contributed by atoms with van der Waals surface area (Å²) >= 11 is 0. The average Bonchev–Trinajstić information content (AvgIpc) is 3.49. The van der Waals surface area contributed by atoms with E-state index in [0.717, 1.165) is 16.7 Å². The van der Waals surface area contributed by atoms with Gasteiger partial charge < -0.3 is 25.0 Å². The van der Waals surface area contributed by atoms with Crippen molar-refractivity contribution in [2.75, 3.05) is 39.9 Å². The molecular formula is C22H29N5O5. The molecule has 1 fully saturated rings. The molecular weight excluding hydrogens is 414 g/mol. The molecule has 0 unspecified atom stereocenters. The van der Waals surface area contributed by atoms with Crippen LogP contribution in [0.15, 0.2) is 36.7 Å². The summed E-state index contributed by atoms with van der Waals surface area (Å²) in [5.74, 6) is -2.63. The smallest absolute Gasteiger partial charge is 0.309 e. The van der Waals surface area contributed by atoms with Gasteiger partial charge in [-0.15, -0.1) is 0 Å². The van der Waals surface area contributed by atoms with Crippen molar-refractivity contribution in [3.05, 3.63) is 42.2 Å². The first-order chi connectivity index (χ1) is 15.4. The maximum atomic E-state index is 12.8. The standard InChI is InChI=1S/C22H29N5O5/c1-32-19-8-11-26(14-19)22(30,31)21(29)25-9-6-17(7-10-25)16-2-4-18(5-3-16)20-23-15-27(24-20)12-13-28/h2-6,15,19,28,30-31H,7-14H2,1H3/t19-/m0/s1. The van der Waals surface area contributed by atoms with Gasteiger partial charge in [-0.2, -0.15) is 5.10 Å². The van der Waals surface area contributed by atoms with E-state index in [1.807, 2.05) is 30.3 Å². The third-order valence-corrected chi connectivity index (χ3v) is 6.08. The number of aliphatic hydroxyl groups excluding tert-OH is 1. The fourth-order valence-electron chi connectivity index (χ4n) is 4.14. The monoisotopic (exact) mass is 443 g/mol. The van der Waals surface area contributed by atoms with Crippen LogP contribution in [0.2, 0.25) is 0 Å². The van der Waals surface area contributed by atoms with E-state index < -0.39 is 11.8 Å². The largest absolute Gasteiger partial charge is 0.394 e. The minimum Gasteiger partial charge on any atom is -0.394 e. The fourth-order valence-corrected chi connectivity index (χ4v) is 4.14. The molecule has 0 bridgehead atoms. The predicted octanol–water partition coefficient (Wildman–Crippen LogP) is -0.0878. The second kappa shape index (κ2) is 9.47. The van der Waals surface area contributed by atoms with Crippen molar-refractivity contribution in [2.45, 2.75) is 31.4 Å². The molecule has 0 radical (unpaired) electrons. The van der Waals surface area contributed by atoms with Gasteiger partial charge in [-0.1, -0.05) is 30.3 Å². The Labute approximate surface area is 186 Å². The van der Waals surface area contributed by atoms with Crippen LogP contribution in [0.1, 0.15) is 18.4 Å². The quantitative estimate of drug-likeness (QED) is 0.508. The molecule has 32 heavy (non-hydrogen) atoms. The molecule has 10 nitrogen and oxygen atoms in total. The number of carbonyl (C=O) groups excluding carboxylic acids is 1. The van der Waals surface area contributed by atoms with Gasteiger partial charge in [0, 0.05) is 38.9 Å². The Morgan fingerprint density at radius 1 is 1.22 bits per heavy atom. The minimum atomic E-state index is -2.52. The fraction of sp³-hybridized carbons (Fsp3) is 0.500. The summed E-state index contributed by atoms with van der Waals surface area (Å²) in [6.45, 7) is 1.84. The van der Waals surface area contributed by atoms with E-state index in [0.29, 0.717) is 51.4 Å². The predicted molar refractivity (Wildman–Crippen MR) is 116 cm³/mol. The summed E-state index contributed by atoms with van der Waals surface area (Å²) in [7, 11) is 1.58. The molecule has 2 aromatic rings. The van der Waals surface area contributed by atoms with Crippen LogP contribution in [0.5, 0.6) is 0 Å². The SMILES string of the molecule is CO[C@H]1CCN(C(O)(O)C(=O)N2CC=C(c3ccc(-c4ncn(CCO)n4)cc3)CC2)C1. The van der Waals surface area contributed by atoms with Gasteiger partial charge >= 0.3 is 5.91 Å². The van der Waals surface area contributed by atoms with Crippen LogP contribution in [-0.2, 0) is 16.1 Å². The van der Waals surface area contributed by atoms with Crippen molar-refractivity contribution in [2.24, 2.45) is 0 Å². The Morgan fingerprint density at radius 2 is 1.97 bits per heavy atom. The third kappa shape index (κ3) is 4.59. The van der Waals surface area contributed by atoms with Crippen molar-refractivity contribution in [3.8, 4) is 11.4 Å². The lowest BCUT2D eigenvalue weighted by Crippen LogP contribution is -2.60. The highest BCUT2D eigenvalue weighted by Crippen LogP contribution is 2.27. The van der Waals surface area contributed by atoms with Gasteiger partial charge in [-0.25, -0.2) is 9.88 Å². The summed E-state index contributed by atoms with van der Waals surface area (Å²) in [4.78, 5) is 19.9. The van der Waals surface area contributed by atoms with Crippen molar-refractivity contribution in [1.82, 2.24) is 24.6 Å². The van der Waals surface area contributed by atoms with Gasteiger partial charge in [0.2, 0.25) is 0 Å². The topological polar surface area (TPSA) is 124 Å². The van der Waals surface area contributed by atoms with E-state index >= 15 is 0 Å². The Balaban J connectivity index is 1.39. The molecule has 1 amide bonds. The van der Waals surface area contributed by atoms with Crippen LogP contribution < -0.4 is 0 Å². The number of rotatable bonds is 7. The number of aromatic nitrogens is 3. The Morgan fingerprint density at radius 3 is 2.59 bits per heavy atom. The van der Waals surface area contributed by atoms with E-state index in [-0.39, 0.29) is 12.7 Å². The van der Waals surface area contributed by atoms with Gasteiger partial charge in [0.05, 0.1) is 19.3 Å². The van der Waals surface area contributed by atoms with Crippen molar-refractivity contribution in [3.63, 3.8) is 0 Å². The molecule has 1 aromatic heterocycles. The molecule has 0 spiro atoms. The molecule has 1 saturated heterocycles. The third-order valence-electron chi connectivity index (χ3n) is 6.08. The second-order valence-corrected chi connectivity index (χ2v) is 8.09. The second-order valence-electron chi connectivity index (χ2n) is 8.09. The van der Waals surface area contributed by atoms with Gasteiger partial charge in [0.15, 0.2) is 5.82 Å². The Kier molecular flexibility index (Phi) is 6.68. The lowest BCUT2D eigenvalue weighted by molar-refractivity contribution is -0.254. The number of benzene rings is 1. The van der Waals surface area contributed by atoms with Gasteiger partial charge in [-0.3, -0.25) is 9.48 Å². The molecule has 3 N–H and O–H groups in total. The van der Waals surface area contributed by atoms with E-state index in [9.17, 15) is 15.0 Å². The van der Waals surface area contributed by atoms with Crippen LogP contribution in [0.3, 0.4) is 0 Å². The molecule has 2 aliphatic rings. The molecule has 1 aromatic carbocycles. The van der Waals surface area contributed by atoms with E-state index in [1.54, 1.807) is 18.1 Å². The van der Waals surface area contributed by atoms with Crippen LogP contribution in [0, 0.1) is 0 Å². The number of ether oxygens (including phenoxy) is 1. The number of likely N-dealkylation sites (tertiary alicyclic amines) is 1. The van der Waals surface area contributed by atoms with Gasteiger partial charge in [0.25, 0.3) is 5.91 Å². The molecule has 172 valence electrons. The number of hydrogen-bond donors (Lipinski definition) is 3. The Bertz CT molecular complexity index is 971. The van der Waals surface area contributed by atoms with E-state index in [1.165, 1.54) is 9.80 Å². The zero-order valence-corrected chi connectivity index (χ0v) is 18.1. The number of hydrogen-bond acceptors (Lipinski definition) is 8. The lowest BCUT2D eigenvalue weighted by Gasteiger charge is -2.36. The summed E-state index contributed by atoms with van der Waals surface area (Å²) in [6.07, 6.45) is 4.71. The van der Waals surface area contributed by atoms with Crippen LogP contribution in [0.4, 0.5) is 0 Å². The van der Waals surface area contributed by atoms with Gasteiger partial charge in [-0.05, 0) is 24.0 Å². The molecule has 4 rings (SSSR count). The molecule has 2 aliphatic heterocycles. The van der Waals surface area contributed by atoms with Gasteiger partial charge in [0.1, 0.15) is 6.33 Å². The molecule has 10 heteroatoms. The first-order valence-corrected chi connectivity index (χ1v) is 10.7. The Hall–Kier alpha value is -2.63. The normalized spacial score (nSPS) is 19.9. The number of amides is 1. The molecule has 1 atom stereocenters. The number of nitrogens with zero attached hydrogens (tertiary/aromatic N) is 5. The number of aliphatic hydroxyl groups is 3. The molecule has 3 heterocycles. The zero-order valence-electron chi connectivity index (χ0n) is 18.1. The van der Waals surface area contributed by atoms with Crippen molar-refractivity contribution >= 4 is 11.5 Å². The molecule has 0 aliphatic carbocycles. The van der Waals surface area contributed by atoms with Crippen LogP contribution in [0.25, 0.3) is 17.0 Å². The zero-order chi connectivity index (χ0) is 22.7. The number of methoxy groups -OCH3 is 1. The lowest BCUT2D eigenvalue weighted by atomic mass is 9.98. The summed E-state index contributed by atoms with van der Waals surface area (Å²) in [5.41, 5.74) is 3.02. The minimum absolute atomic E-state index is 0.00873. The first-order valence-electron chi connectivity index (χ1n) is 10.7. The summed E-state index contributed by atoms with van der Waals surface area (Å²) in [5, 5.41) is 34.3. The van der Waals surface area contributed by atoms with E-state index in [4.69, 9.17) is 9.84 Å². The highest BCUT2D eigenvalue weighted by molar-refractivity contribution is 5.84. The maximum absolute atomic E-state index is 12.8. The van der Waals surface area contributed by atoms with Crippen molar-refractivity contribution < 1.29 is 24.9 Å². The summed E-state index contributed by atoms with van der Waals surface area (Å²) < 4.78 is 6.85. The highest BCUT2D eigenvalue weighted by Gasteiger charge is 2.46. The first kappa shape index (κ1) is 22.6. The van der Waals surface area contributed by atoms with Crippen LogP contribution in [-0.4, -0.2) is 97.7 Å². The average molecular weight is 444 g/mol. The van der Waals surface area contributed by atoms with E-state index in [2.05, 4.69) is 10.1 Å². The van der Waals surface area contributed by atoms with Crippen molar-refractivity contribution in [1.29, 1.82) is 0 Å². The summed E-state index contributed by atoms with van der Waals surface area (Å²) in [6, 6.07) is 7.86. The van der Waals surface area contributed by atoms with Crippen LogP contribution >= 0.6 is 0 Å².